The van der Waals surface area contributed by atoms with Crippen LogP contribution in [-0.2, 0) is 6.42 Å². The van der Waals surface area contributed by atoms with Gasteiger partial charge < -0.3 is 0 Å². The molecular weight excluding hydrogens is 178 g/mol. The molecule has 1 aromatic rings. The van der Waals surface area contributed by atoms with Crippen molar-refractivity contribution in [1.29, 1.82) is 5.26 Å². The molecule has 0 N–H and O–H groups in total. The third-order valence-corrected chi connectivity index (χ3v) is 3.77. The number of nitrogens with zero attached hydrogens (tertiary/aromatic N) is 1. The molecule has 0 amide bonds. The smallest absolute Gasteiger partial charge is 0.0693 e. The van der Waals surface area contributed by atoms with Gasteiger partial charge in [-0.15, -0.1) is 11.3 Å². The van der Waals surface area contributed by atoms with Crippen LogP contribution in [0.15, 0.2) is 17.5 Å². The van der Waals surface area contributed by atoms with Crippen LogP contribution in [0.5, 0.6) is 0 Å². The highest BCUT2D eigenvalue weighted by Crippen LogP contribution is 2.40. The maximum absolute atomic E-state index is 9.17. The minimum Gasteiger partial charge on any atom is -0.198 e. The summed E-state index contributed by atoms with van der Waals surface area (Å²) in [7, 11) is 0. The molecule has 0 saturated heterocycles. The van der Waals surface area contributed by atoms with Gasteiger partial charge >= 0.3 is 0 Å². The van der Waals surface area contributed by atoms with Crippen molar-refractivity contribution in [3.63, 3.8) is 0 Å². The van der Waals surface area contributed by atoms with Crippen molar-refractivity contribution < 1.29 is 0 Å². The van der Waals surface area contributed by atoms with E-state index in [0.29, 0.717) is 0 Å². The Kier molecular flexibility index (Phi) is 2.37. The van der Waals surface area contributed by atoms with Gasteiger partial charge in [-0.05, 0) is 24.3 Å². The van der Waals surface area contributed by atoms with Crippen LogP contribution in [0.25, 0.3) is 0 Å². The molecule has 0 unspecified atom stereocenters. The van der Waals surface area contributed by atoms with Gasteiger partial charge in [0.1, 0.15) is 0 Å². The van der Waals surface area contributed by atoms with Crippen LogP contribution in [0.3, 0.4) is 0 Å². The van der Waals surface area contributed by atoms with Gasteiger partial charge in [-0.3, -0.25) is 0 Å². The summed E-state index contributed by atoms with van der Waals surface area (Å²) < 4.78 is 0. The van der Waals surface area contributed by atoms with E-state index in [2.05, 4.69) is 23.6 Å². The Labute approximate surface area is 83.0 Å². The van der Waals surface area contributed by atoms with Crippen LogP contribution >= 0.6 is 11.3 Å². The zero-order valence-electron chi connectivity index (χ0n) is 7.62. The monoisotopic (exact) mass is 191 g/mol. The van der Waals surface area contributed by atoms with Gasteiger partial charge in [-0.1, -0.05) is 18.9 Å². The molecular formula is C11H13NS. The number of hydrogen-bond acceptors (Lipinski definition) is 2. The van der Waals surface area contributed by atoms with Crippen molar-refractivity contribution in [1.82, 2.24) is 0 Å². The number of thiophene rings is 1. The molecule has 1 fully saturated rings. The molecule has 1 heterocycles. The van der Waals surface area contributed by atoms with Gasteiger partial charge in [0.2, 0.25) is 0 Å². The van der Waals surface area contributed by atoms with E-state index in [1.807, 2.05) is 0 Å². The van der Waals surface area contributed by atoms with Crippen LogP contribution in [0.2, 0.25) is 0 Å². The Morgan fingerprint density at radius 3 is 2.77 bits per heavy atom. The molecule has 1 aromatic heterocycles. The van der Waals surface area contributed by atoms with Crippen LogP contribution in [0, 0.1) is 16.7 Å². The number of nitriles is 1. The maximum atomic E-state index is 9.17. The molecule has 1 nitrogen and oxygen atoms in total. The first kappa shape index (κ1) is 8.77. The fourth-order valence-corrected chi connectivity index (χ4v) is 2.98. The molecule has 1 aliphatic rings. The third kappa shape index (κ3) is 1.76. The van der Waals surface area contributed by atoms with E-state index < -0.39 is 0 Å². The lowest BCUT2D eigenvalue weighted by molar-refractivity contribution is 0.411. The maximum Gasteiger partial charge on any atom is 0.0693 e. The Bertz CT molecular complexity index is 301. The van der Waals surface area contributed by atoms with E-state index in [1.165, 1.54) is 17.7 Å². The Morgan fingerprint density at radius 1 is 1.46 bits per heavy atom. The van der Waals surface area contributed by atoms with E-state index in [4.69, 9.17) is 5.26 Å². The quantitative estimate of drug-likeness (QED) is 0.703. The number of hydrogen-bond donors (Lipinski definition) is 0. The predicted molar refractivity (Wildman–Crippen MR) is 54.5 cm³/mol. The second kappa shape index (κ2) is 3.51. The lowest BCUT2D eigenvalue weighted by atomic mass is 9.84. The standard InChI is InChI=1S/C11H13NS/c12-9-11(5-1-2-6-11)8-10-4-3-7-13-10/h3-4,7H,1-2,5-6,8H2. The van der Waals surface area contributed by atoms with Gasteiger partial charge in [-0.2, -0.15) is 5.26 Å². The van der Waals surface area contributed by atoms with E-state index in [9.17, 15) is 0 Å². The summed E-state index contributed by atoms with van der Waals surface area (Å²) in [6.07, 6.45) is 5.64. The molecule has 2 heteroatoms. The van der Waals surface area contributed by atoms with E-state index in [0.717, 1.165) is 19.3 Å². The minimum absolute atomic E-state index is 0.0230. The molecule has 2 rings (SSSR count). The summed E-state index contributed by atoms with van der Waals surface area (Å²) in [6.45, 7) is 0. The first-order valence-electron chi connectivity index (χ1n) is 4.78. The molecule has 68 valence electrons. The SMILES string of the molecule is N#CC1(Cc2cccs2)CCCC1. The summed E-state index contributed by atoms with van der Waals surface area (Å²) in [5, 5.41) is 11.3. The predicted octanol–water partition coefficient (Wildman–Crippen LogP) is 3.37. The van der Waals surface area contributed by atoms with Crippen molar-refractivity contribution in [3.8, 4) is 6.07 Å². The molecule has 0 bridgehead atoms. The van der Waals surface area contributed by atoms with E-state index >= 15 is 0 Å². The van der Waals surface area contributed by atoms with Crippen molar-refractivity contribution in [2.24, 2.45) is 5.41 Å². The molecule has 0 aliphatic heterocycles. The molecule has 1 saturated carbocycles. The molecule has 1 aliphatic carbocycles. The normalized spacial score (nSPS) is 19.9. The zero-order chi connectivity index (χ0) is 9.15. The lowest BCUT2D eigenvalue weighted by Gasteiger charge is -2.18. The zero-order valence-corrected chi connectivity index (χ0v) is 8.44. The summed E-state index contributed by atoms with van der Waals surface area (Å²) in [4.78, 5) is 1.36. The first-order chi connectivity index (χ1) is 6.35. The summed E-state index contributed by atoms with van der Waals surface area (Å²) in [5.74, 6) is 0. The molecule has 0 aromatic carbocycles. The molecule has 0 radical (unpaired) electrons. The number of rotatable bonds is 2. The summed E-state index contributed by atoms with van der Waals surface area (Å²) in [5.41, 5.74) is -0.0230. The fourth-order valence-electron chi connectivity index (χ4n) is 2.13. The van der Waals surface area contributed by atoms with Crippen molar-refractivity contribution in [2.45, 2.75) is 32.1 Å². The lowest BCUT2D eigenvalue weighted by Crippen LogP contribution is -2.16. The second-order valence-electron chi connectivity index (χ2n) is 3.86. The highest BCUT2D eigenvalue weighted by molar-refractivity contribution is 7.09. The minimum atomic E-state index is -0.0230. The van der Waals surface area contributed by atoms with Crippen LogP contribution in [0.1, 0.15) is 30.6 Å². The molecule has 13 heavy (non-hydrogen) atoms. The fraction of sp³-hybridized carbons (Fsp3) is 0.545. The average Bonchev–Trinajstić information content (AvgIpc) is 2.77. The van der Waals surface area contributed by atoms with Gasteiger partial charge in [0.25, 0.3) is 0 Å². The van der Waals surface area contributed by atoms with Crippen molar-refractivity contribution in [2.75, 3.05) is 0 Å². The van der Waals surface area contributed by atoms with Gasteiger partial charge in [-0.25, -0.2) is 0 Å². The Hall–Kier alpha value is -0.810. The largest absolute Gasteiger partial charge is 0.198 e. The summed E-state index contributed by atoms with van der Waals surface area (Å²) in [6, 6.07) is 6.73. The van der Waals surface area contributed by atoms with Crippen LogP contribution in [0.4, 0.5) is 0 Å². The van der Waals surface area contributed by atoms with Crippen molar-refractivity contribution in [3.05, 3.63) is 22.4 Å². The highest BCUT2D eigenvalue weighted by atomic mass is 32.1. The van der Waals surface area contributed by atoms with Crippen LogP contribution in [-0.4, -0.2) is 0 Å². The highest BCUT2D eigenvalue weighted by Gasteiger charge is 2.34. The molecule has 0 atom stereocenters. The van der Waals surface area contributed by atoms with Gasteiger partial charge in [0.05, 0.1) is 11.5 Å². The Balaban J connectivity index is 2.11. The van der Waals surface area contributed by atoms with Crippen molar-refractivity contribution >= 4 is 11.3 Å². The third-order valence-electron chi connectivity index (χ3n) is 2.89. The van der Waals surface area contributed by atoms with Crippen LogP contribution < -0.4 is 0 Å². The first-order valence-corrected chi connectivity index (χ1v) is 5.66. The topological polar surface area (TPSA) is 23.8 Å². The average molecular weight is 191 g/mol. The van der Waals surface area contributed by atoms with Gasteiger partial charge in [0, 0.05) is 11.3 Å². The second-order valence-corrected chi connectivity index (χ2v) is 4.89. The Morgan fingerprint density at radius 2 is 2.23 bits per heavy atom. The van der Waals surface area contributed by atoms with E-state index in [-0.39, 0.29) is 5.41 Å². The summed E-state index contributed by atoms with van der Waals surface area (Å²) >= 11 is 1.77. The van der Waals surface area contributed by atoms with E-state index in [1.54, 1.807) is 11.3 Å². The molecule has 0 spiro atoms. The van der Waals surface area contributed by atoms with Gasteiger partial charge in [0.15, 0.2) is 0 Å².